The lowest BCUT2D eigenvalue weighted by Gasteiger charge is -2.25. The van der Waals surface area contributed by atoms with Crippen LogP contribution in [0.1, 0.15) is 27.3 Å². The molecule has 0 unspecified atom stereocenters. The Morgan fingerprint density at radius 3 is 2.73 bits per heavy atom. The molecule has 1 aromatic carbocycles. The average Bonchev–Trinajstić information content (AvgIpc) is 3.27. The molecule has 158 valence electrons. The zero-order valence-electron chi connectivity index (χ0n) is 16.4. The maximum atomic E-state index is 13.1. The minimum Gasteiger partial charge on any atom is -0.379 e. The average molecular weight is 450 g/mol. The molecule has 0 atom stereocenters. The molecule has 1 saturated heterocycles. The molecule has 1 N–H and O–H groups in total. The first kappa shape index (κ1) is 20.9. The Bertz CT molecular complexity index is 1030. The number of anilines is 1. The van der Waals surface area contributed by atoms with Crippen molar-refractivity contribution >= 4 is 34.0 Å². The van der Waals surface area contributed by atoms with Crippen LogP contribution in [0.15, 0.2) is 29.6 Å². The van der Waals surface area contributed by atoms with E-state index in [1.807, 2.05) is 5.38 Å². The first-order valence-electron chi connectivity index (χ1n) is 9.53. The zero-order chi connectivity index (χ0) is 21.1. The van der Waals surface area contributed by atoms with Gasteiger partial charge in [0.2, 0.25) is 0 Å². The number of aryl methyl sites for hydroxylation is 1. The van der Waals surface area contributed by atoms with Gasteiger partial charge in [0.1, 0.15) is 11.0 Å². The van der Waals surface area contributed by atoms with Gasteiger partial charge in [0, 0.05) is 25.0 Å². The molecule has 0 radical (unpaired) electrons. The van der Waals surface area contributed by atoms with E-state index in [-0.39, 0.29) is 16.9 Å². The van der Waals surface area contributed by atoms with Gasteiger partial charge in [-0.2, -0.15) is 5.10 Å². The molecule has 0 bridgehead atoms. The third-order valence-electron chi connectivity index (χ3n) is 4.80. The van der Waals surface area contributed by atoms with Crippen LogP contribution >= 0.6 is 22.9 Å². The number of hydrogen-bond donors (Lipinski definition) is 1. The molecule has 1 aliphatic heterocycles. The topological polar surface area (TPSA) is 72.3 Å². The second-order valence-corrected chi connectivity index (χ2v) is 8.24. The molecule has 10 heteroatoms. The van der Waals surface area contributed by atoms with Gasteiger partial charge in [0.15, 0.2) is 5.13 Å². The van der Waals surface area contributed by atoms with E-state index in [0.29, 0.717) is 22.9 Å². The molecule has 2 aromatic heterocycles. The lowest BCUT2D eigenvalue weighted by atomic mass is 10.2. The largest absolute Gasteiger partial charge is 0.379 e. The van der Waals surface area contributed by atoms with E-state index in [1.54, 1.807) is 19.1 Å². The van der Waals surface area contributed by atoms with Gasteiger partial charge in [-0.3, -0.25) is 15.0 Å². The van der Waals surface area contributed by atoms with Crippen LogP contribution < -0.4 is 5.32 Å². The number of ether oxygens (including phenoxy) is 1. The van der Waals surface area contributed by atoms with E-state index in [2.05, 4.69) is 20.3 Å². The summed E-state index contributed by atoms with van der Waals surface area (Å²) < 4.78 is 20.0. The number of benzene rings is 1. The molecule has 1 fully saturated rings. The Labute approximate surface area is 182 Å². The number of nitrogens with one attached hydrogen (secondary N) is 1. The van der Waals surface area contributed by atoms with Crippen LogP contribution in [-0.2, 0) is 17.8 Å². The predicted molar refractivity (Wildman–Crippen MR) is 114 cm³/mol. The molecule has 0 spiro atoms. The highest BCUT2D eigenvalue weighted by molar-refractivity contribution is 7.14. The van der Waals surface area contributed by atoms with Crippen LogP contribution in [0.3, 0.4) is 0 Å². The second kappa shape index (κ2) is 9.22. The monoisotopic (exact) mass is 449 g/mol. The summed E-state index contributed by atoms with van der Waals surface area (Å²) in [6.07, 6.45) is 0. The molecule has 3 heterocycles. The van der Waals surface area contributed by atoms with Crippen LogP contribution in [0.2, 0.25) is 5.15 Å². The van der Waals surface area contributed by atoms with Crippen LogP contribution in [0.25, 0.3) is 0 Å². The van der Waals surface area contributed by atoms with E-state index in [0.717, 1.165) is 44.1 Å². The summed E-state index contributed by atoms with van der Waals surface area (Å²) in [4.78, 5) is 19.6. The van der Waals surface area contributed by atoms with Gasteiger partial charge in [0.05, 0.1) is 36.7 Å². The first-order valence-corrected chi connectivity index (χ1v) is 10.8. The molecule has 0 saturated carbocycles. The van der Waals surface area contributed by atoms with Crippen LogP contribution in [-0.4, -0.2) is 51.9 Å². The van der Waals surface area contributed by atoms with E-state index in [9.17, 15) is 9.18 Å². The highest BCUT2D eigenvalue weighted by atomic mass is 35.5. The quantitative estimate of drug-likeness (QED) is 0.622. The summed E-state index contributed by atoms with van der Waals surface area (Å²) >= 11 is 7.81. The maximum absolute atomic E-state index is 13.1. The van der Waals surface area contributed by atoms with Crippen molar-refractivity contribution in [1.29, 1.82) is 0 Å². The number of morpholine rings is 1. The Hall–Kier alpha value is -2.33. The molecule has 30 heavy (non-hydrogen) atoms. The summed E-state index contributed by atoms with van der Waals surface area (Å²) in [5, 5.41) is 9.88. The van der Waals surface area contributed by atoms with Gasteiger partial charge in [0.25, 0.3) is 5.91 Å². The Kier molecular flexibility index (Phi) is 6.43. The smallest absolute Gasteiger partial charge is 0.262 e. The lowest BCUT2D eigenvalue weighted by Crippen LogP contribution is -2.35. The molecular weight excluding hydrogens is 429 g/mol. The molecule has 1 amide bonds. The number of thiazole rings is 1. The van der Waals surface area contributed by atoms with Gasteiger partial charge in [-0.1, -0.05) is 23.7 Å². The number of carbonyl (C=O) groups is 1. The van der Waals surface area contributed by atoms with E-state index in [1.165, 1.54) is 28.2 Å². The fraction of sp³-hybridized carbons (Fsp3) is 0.350. The van der Waals surface area contributed by atoms with Crippen molar-refractivity contribution in [2.75, 3.05) is 31.6 Å². The number of amides is 1. The van der Waals surface area contributed by atoms with Crippen molar-refractivity contribution in [3.8, 4) is 0 Å². The van der Waals surface area contributed by atoms with Gasteiger partial charge in [-0.15, -0.1) is 11.3 Å². The van der Waals surface area contributed by atoms with Crippen molar-refractivity contribution in [3.05, 3.63) is 63.1 Å². The Morgan fingerprint density at radius 2 is 2.00 bits per heavy atom. The summed E-state index contributed by atoms with van der Waals surface area (Å²) in [5.41, 5.74) is 2.57. The fourth-order valence-corrected chi connectivity index (χ4v) is 4.28. The highest BCUT2D eigenvalue weighted by Crippen LogP contribution is 2.24. The predicted octanol–water partition coefficient (Wildman–Crippen LogP) is 3.57. The second-order valence-electron chi connectivity index (χ2n) is 7.02. The SMILES string of the molecule is Cc1nn(Cc2ccc(F)cc2)c(Cl)c1C(=O)Nc1nc(CN2CCOCC2)cs1. The third kappa shape index (κ3) is 4.86. The Balaban J connectivity index is 1.43. The normalized spacial score (nSPS) is 14.8. The number of nitrogens with zero attached hydrogens (tertiary/aromatic N) is 4. The van der Waals surface area contributed by atoms with E-state index < -0.39 is 0 Å². The summed E-state index contributed by atoms with van der Waals surface area (Å²) in [7, 11) is 0. The van der Waals surface area contributed by atoms with Crippen molar-refractivity contribution < 1.29 is 13.9 Å². The summed E-state index contributed by atoms with van der Waals surface area (Å²) in [6.45, 7) is 6.01. The Morgan fingerprint density at radius 1 is 1.27 bits per heavy atom. The number of aromatic nitrogens is 3. The van der Waals surface area contributed by atoms with Gasteiger partial charge < -0.3 is 4.74 Å². The molecule has 4 rings (SSSR count). The minimum atomic E-state index is -0.352. The molecule has 3 aromatic rings. The lowest BCUT2D eigenvalue weighted by molar-refractivity contribution is 0.0337. The van der Waals surface area contributed by atoms with Crippen molar-refractivity contribution in [2.45, 2.75) is 20.0 Å². The molecule has 1 aliphatic rings. The molecule has 7 nitrogen and oxygen atoms in total. The maximum Gasteiger partial charge on any atom is 0.262 e. The zero-order valence-corrected chi connectivity index (χ0v) is 18.0. The number of halogens is 2. The standard InChI is InChI=1S/C20H21ClFN5O2S/c1-13-17(18(21)27(25-13)10-14-2-4-15(22)5-3-14)19(28)24-20-23-16(12-30-20)11-26-6-8-29-9-7-26/h2-5,12H,6-11H2,1H3,(H,23,24,28). The molecule has 0 aliphatic carbocycles. The van der Waals surface area contributed by atoms with E-state index >= 15 is 0 Å². The van der Waals surface area contributed by atoms with Crippen LogP contribution in [0.4, 0.5) is 9.52 Å². The van der Waals surface area contributed by atoms with Gasteiger partial charge in [-0.05, 0) is 24.6 Å². The van der Waals surface area contributed by atoms with Crippen LogP contribution in [0, 0.1) is 12.7 Å². The van der Waals surface area contributed by atoms with Crippen molar-refractivity contribution in [3.63, 3.8) is 0 Å². The van der Waals surface area contributed by atoms with Gasteiger partial charge >= 0.3 is 0 Å². The third-order valence-corrected chi connectivity index (χ3v) is 5.99. The van der Waals surface area contributed by atoms with Crippen molar-refractivity contribution in [2.24, 2.45) is 0 Å². The highest BCUT2D eigenvalue weighted by Gasteiger charge is 2.22. The van der Waals surface area contributed by atoms with E-state index in [4.69, 9.17) is 16.3 Å². The van der Waals surface area contributed by atoms with Crippen LogP contribution in [0.5, 0.6) is 0 Å². The van der Waals surface area contributed by atoms with Gasteiger partial charge in [-0.25, -0.2) is 14.1 Å². The number of carbonyl (C=O) groups excluding carboxylic acids is 1. The molecular formula is C20H21ClFN5O2S. The number of rotatable bonds is 6. The summed E-state index contributed by atoms with van der Waals surface area (Å²) in [6, 6.07) is 6.08. The minimum absolute atomic E-state index is 0.236. The summed E-state index contributed by atoms with van der Waals surface area (Å²) in [5.74, 6) is -0.659. The number of hydrogen-bond acceptors (Lipinski definition) is 6. The first-order chi connectivity index (χ1) is 14.5. The van der Waals surface area contributed by atoms with Crippen molar-refractivity contribution in [1.82, 2.24) is 19.7 Å². The fourth-order valence-electron chi connectivity index (χ4n) is 3.26.